The van der Waals surface area contributed by atoms with Crippen molar-refractivity contribution in [3.05, 3.63) is 29.6 Å². The van der Waals surface area contributed by atoms with Gasteiger partial charge in [0.2, 0.25) is 0 Å². The number of amidine groups is 1. The minimum atomic E-state index is -0.380. The van der Waals surface area contributed by atoms with Crippen LogP contribution in [-0.4, -0.2) is 18.2 Å². The molecule has 0 aromatic heterocycles. The van der Waals surface area contributed by atoms with Crippen LogP contribution in [0.25, 0.3) is 0 Å². The van der Waals surface area contributed by atoms with E-state index < -0.39 is 0 Å². The highest BCUT2D eigenvalue weighted by Crippen LogP contribution is 2.21. The topological polar surface area (TPSA) is 97.5 Å². The van der Waals surface area contributed by atoms with Gasteiger partial charge < -0.3 is 16.2 Å². The smallest absolute Gasteiger partial charge is 0.193 e. The lowest BCUT2D eigenvalue weighted by atomic mass is 10.2. The van der Waals surface area contributed by atoms with Crippen LogP contribution in [-0.2, 0) is 5.75 Å². The molecule has 1 aromatic carbocycles. The first-order valence-electron chi connectivity index (χ1n) is 4.66. The van der Waals surface area contributed by atoms with Gasteiger partial charge in [0.25, 0.3) is 0 Å². The second kappa shape index (κ2) is 6.09. The van der Waals surface area contributed by atoms with Gasteiger partial charge in [0.1, 0.15) is 11.6 Å². The van der Waals surface area contributed by atoms with Crippen molar-refractivity contribution in [3.63, 3.8) is 0 Å². The first-order valence-corrected chi connectivity index (χ1v) is 5.65. The lowest BCUT2D eigenvalue weighted by molar-refractivity contribution is 0.411. The van der Waals surface area contributed by atoms with Gasteiger partial charge in [0.05, 0.1) is 7.11 Å². The molecule has 0 amide bonds. The summed E-state index contributed by atoms with van der Waals surface area (Å²) in [6, 6.07) is 4.55. The summed E-state index contributed by atoms with van der Waals surface area (Å²) < 4.78 is 18.4. The zero-order valence-electron chi connectivity index (χ0n) is 9.24. The van der Waals surface area contributed by atoms with Crippen molar-refractivity contribution >= 4 is 22.9 Å². The van der Waals surface area contributed by atoms with E-state index in [1.165, 1.54) is 13.2 Å². The third-order valence-corrected chi connectivity index (χ3v) is 2.68. The van der Waals surface area contributed by atoms with E-state index in [4.69, 9.17) is 21.6 Å². The number of nitrogens with zero attached hydrogens (tertiary/aromatic N) is 1. The van der Waals surface area contributed by atoms with E-state index in [2.05, 4.69) is 4.99 Å². The van der Waals surface area contributed by atoms with E-state index in [1.54, 1.807) is 12.1 Å². The Morgan fingerprint density at radius 3 is 2.76 bits per heavy atom. The van der Waals surface area contributed by atoms with Crippen LogP contribution < -0.4 is 16.2 Å². The van der Waals surface area contributed by atoms with Crippen molar-refractivity contribution in [2.45, 2.75) is 5.75 Å². The van der Waals surface area contributed by atoms with E-state index in [0.717, 1.165) is 11.8 Å². The summed E-state index contributed by atoms with van der Waals surface area (Å²) >= 11 is 1.04. The van der Waals surface area contributed by atoms with Crippen molar-refractivity contribution in [1.82, 2.24) is 0 Å². The monoisotopic (exact) mass is 256 g/mol. The maximum atomic E-state index is 13.5. The standard InChI is InChI=1S/C10H13FN4OS/c1-16-7-3-2-6(8(11)4-7)5-17-10(14)15-9(12)13/h2-4H,5H2,1H3,(H5,12,13,14,15). The molecule has 17 heavy (non-hydrogen) atoms. The molecule has 0 bridgehead atoms. The Morgan fingerprint density at radius 2 is 2.24 bits per heavy atom. The zero-order chi connectivity index (χ0) is 12.8. The molecule has 0 fully saturated rings. The van der Waals surface area contributed by atoms with Crippen LogP contribution in [0.15, 0.2) is 23.2 Å². The number of nitrogens with one attached hydrogen (secondary N) is 1. The van der Waals surface area contributed by atoms with Crippen molar-refractivity contribution in [2.75, 3.05) is 7.11 Å². The zero-order valence-corrected chi connectivity index (χ0v) is 10.1. The molecule has 0 aliphatic rings. The van der Waals surface area contributed by atoms with Crippen molar-refractivity contribution in [2.24, 2.45) is 16.5 Å². The highest BCUT2D eigenvalue weighted by Gasteiger charge is 2.05. The number of aliphatic imine (C=N–C) groups is 1. The average molecular weight is 256 g/mol. The Labute approximate surface area is 103 Å². The lowest BCUT2D eigenvalue weighted by Gasteiger charge is -2.04. The van der Waals surface area contributed by atoms with E-state index in [1.807, 2.05) is 0 Å². The molecule has 0 radical (unpaired) electrons. The fourth-order valence-corrected chi connectivity index (χ4v) is 1.76. The van der Waals surface area contributed by atoms with Crippen LogP contribution in [0.2, 0.25) is 0 Å². The Bertz CT molecular complexity index is 446. The lowest BCUT2D eigenvalue weighted by Crippen LogP contribution is -2.23. The molecule has 0 spiro atoms. The first kappa shape index (κ1) is 13.3. The molecule has 7 heteroatoms. The molecule has 5 N–H and O–H groups in total. The Balaban J connectivity index is 2.64. The molecule has 5 nitrogen and oxygen atoms in total. The van der Waals surface area contributed by atoms with Crippen LogP contribution in [0.3, 0.4) is 0 Å². The number of hydrogen-bond acceptors (Lipinski definition) is 3. The number of nitrogens with two attached hydrogens (primary N) is 2. The van der Waals surface area contributed by atoms with Crippen LogP contribution in [0.5, 0.6) is 5.75 Å². The summed E-state index contributed by atoms with van der Waals surface area (Å²) in [7, 11) is 1.47. The van der Waals surface area contributed by atoms with Crippen molar-refractivity contribution in [1.29, 1.82) is 5.41 Å². The molecule has 0 atom stereocenters. The van der Waals surface area contributed by atoms with E-state index in [9.17, 15) is 4.39 Å². The van der Waals surface area contributed by atoms with Crippen LogP contribution in [0.4, 0.5) is 4.39 Å². The Morgan fingerprint density at radius 1 is 1.53 bits per heavy atom. The summed E-state index contributed by atoms with van der Waals surface area (Å²) in [5.74, 6) is 0.174. The van der Waals surface area contributed by atoms with E-state index in [0.29, 0.717) is 11.3 Å². The van der Waals surface area contributed by atoms with Crippen molar-refractivity contribution < 1.29 is 9.13 Å². The van der Waals surface area contributed by atoms with Gasteiger partial charge in [-0.25, -0.2) is 4.39 Å². The molecule has 0 aliphatic heterocycles. The summed E-state index contributed by atoms with van der Waals surface area (Å²) in [4.78, 5) is 3.53. The van der Waals surface area contributed by atoms with Gasteiger partial charge in [-0.3, -0.25) is 5.41 Å². The number of guanidine groups is 1. The van der Waals surface area contributed by atoms with Gasteiger partial charge in [-0.15, -0.1) is 0 Å². The highest BCUT2D eigenvalue weighted by atomic mass is 32.2. The minimum Gasteiger partial charge on any atom is -0.497 e. The van der Waals surface area contributed by atoms with Crippen LogP contribution >= 0.6 is 11.8 Å². The molecular formula is C10H13FN4OS. The second-order valence-electron chi connectivity index (χ2n) is 3.09. The van der Waals surface area contributed by atoms with Gasteiger partial charge in [-0.05, 0) is 11.6 Å². The van der Waals surface area contributed by atoms with Crippen molar-refractivity contribution in [3.8, 4) is 5.75 Å². The van der Waals surface area contributed by atoms with E-state index >= 15 is 0 Å². The SMILES string of the molecule is COc1ccc(CSC(=N)N=C(N)N)c(F)c1. The molecule has 1 aromatic rings. The average Bonchev–Trinajstić information content (AvgIpc) is 2.26. The summed E-state index contributed by atoms with van der Waals surface area (Å²) in [5.41, 5.74) is 10.7. The largest absolute Gasteiger partial charge is 0.497 e. The fourth-order valence-electron chi connectivity index (χ4n) is 1.07. The Hall–Kier alpha value is -1.76. The quantitative estimate of drug-likeness (QED) is 0.560. The normalized spacial score (nSPS) is 9.76. The summed E-state index contributed by atoms with van der Waals surface area (Å²) in [6.45, 7) is 0. The van der Waals surface area contributed by atoms with Gasteiger partial charge in [-0.2, -0.15) is 4.99 Å². The molecule has 92 valence electrons. The van der Waals surface area contributed by atoms with E-state index in [-0.39, 0.29) is 22.7 Å². The number of halogens is 1. The molecule has 0 aliphatic carbocycles. The number of rotatable bonds is 3. The third kappa shape index (κ3) is 4.31. The summed E-state index contributed by atoms with van der Waals surface area (Å²) in [5, 5.41) is 7.33. The first-order chi connectivity index (χ1) is 8.02. The number of ether oxygens (including phenoxy) is 1. The number of hydrogen-bond donors (Lipinski definition) is 3. The molecule has 1 rings (SSSR count). The second-order valence-corrected chi connectivity index (χ2v) is 4.05. The predicted molar refractivity (Wildman–Crippen MR) is 67.8 cm³/mol. The van der Waals surface area contributed by atoms with Gasteiger partial charge >= 0.3 is 0 Å². The molecular weight excluding hydrogens is 243 g/mol. The predicted octanol–water partition coefficient (Wildman–Crippen LogP) is 1.28. The molecule has 0 unspecified atom stereocenters. The maximum Gasteiger partial charge on any atom is 0.193 e. The third-order valence-electron chi connectivity index (χ3n) is 1.86. The number of benzene rings is 1. The maximum absolute atomic E-state index is 13.5. The number of methoxy groups -OCH3 is 1. The van der Waals surface area contributed by atoms with Crippen LogP contribution in [0, 0.1) is 11.2 Å². The molecule has 0 heterocycles. The highest BCUT2D eigenvalue weighted by molar-refractivity contribution is 8.13. The van der Waals surface area contributed by atoms with Gasteiger partial charge in [-0.1, -0.05) is 17.8 Å². The Kier molecular flexibility index (Phi) is 4.77. The van der Waals surface area contributed by atoms with Gasteiger partial charge in [0.15, 0.2) is 11.1 Å². The van der Waals surface area contributed by atoms with Crippen LogP contribution in [0.1, 0.15) is 5.56 Å². The minimum absolute atomic E-state index is 0.0554. The fraction of sp³-hybridized carbons (Fsp3) is 0.200. The van der Waals surface area contributed by atoms with Gasteiger partial charge in [0, 0.05) is 11.8 Å². The number of thioether (sulfide) groups is 1. The molecule has 0 saturated heterocycles. The summed E-state index contributed by atoms with van der Waals surface area (Å²) in [6.07, 6.45) is 0. The molecule has 0 saturated carbocycles.